The van der Waals surface area contributed by atoms with Gasteiger partial charge in [-0.2, -0.15) is 0 Å². The molecule has 7 nitrogen and oxygen atoms in total. The summed E-state index contributed by atoms with van der Waals surface area (Å²) in [7, 11) is -2.71. The van der Waals surface area contributed by atoms with Crippen LogP contribution < -0.4 is 10.5 Å². The summed E-state index contributed by atoms with van der Waals surface area (Å²) in [6, 6.07) is 3.77. The Kier molecular flexibility index (Phi) is 4.98. The summed E-state index contributed by atoms with van der Waals surface area (Å²) in [5, 5.41) is 9.59. The van der Waals surface area contributed by atoms with E-state index in [0.717, 1.165) is 0 Å². The molecule has 1 unspecified atom stereocenters. The third-order valence-corrected chi connectivity index (χ3v) is 4.91. The SMILES string of the molecule is COC(=O)c1ccc(S(=O)(=O)NC(C)(C)C(C)O)c(N)c1. The molecule has 0 aliphatic rings. The molecule has 118 valence electrons. The van der Waals surface area contributed by atoms with E-state index < -0.39 is 27.6 Å². The first-order chi connectivity index (χ1) is 9.51. The number of carbonyl (C=O) groups is 1. The van der Waals surface area contributed by atoms with Crippen molar-refractivity contribution in [1.29, 1.82) is 0 Å². The van der Waals surface area contributed by atoms with Gasteiger partial charge in [-0.1, -0.05) is 0 Å². The number of sulfonamides is 1. The maximum atomic E-state index is 12.3. The number of ether oxygens (including phenoxy) is 1. The Morgan fingerprint density at radius 1 is 1.43 bits per heavy atom. The van der Waals surface area contributed by atoms with E-state index in [1.54, 1.807) is 13.8 Å². The van der Waals surface area contributed by atoms with Gasteiger partial charge in [-0.05, 0) is 39.0 Å². The van der Waals surface area contributed by atoms with Crippen molar-refractivity contribution in [3.8, 4) is 0 Å². The molecule has 0 saturated heterocycles. The van der Waals surface area contributed by atoms with Crippen LogP contribution in [0.1, 0.15) is 31.1 Å². The molecular formula is C13H20N2O5S. The molecule has 0 aromatic heterocycles. The number of aliphatic hydroxyl groups is 1. The first-order valence-electron chi connectivity index (χ1n) is 6.21. The van der Waals surface area contributed by atoms with E-state index in [2.05, 4.69) is 9.46 Å². The molecule has 0 radical (unpaired) electrons. The minimum absolute atomic E-state index is 0.0770. The van der Waals surface area contributed by atoms with E-state index in [1.165, 1.54) is 32.2 Å². The minimum atomic E-state index is -3.93. The third-order valence-electron chi connectivity index (χ3n) is 3.16. The Morgan fingerprint density at radius 2 is 2.00 bits per heavy atom. The molecule has 21 heavy (non-hydrogen) atoms. The molecule has 4 N–H and O–H groups in total. The van der Waals surface area contributed by atoms with E-state index in [1.807, 2.05) is 0 Å². The summed E-state index contributed by atoms with van der Waals surface area (Å²) in [5.74, 6) is -0.608. The standard InChI is InChI=1S/C13H20N2O5S/c1-8(16)13(2,3)15-21(18,19)11-6-5-9(7-10(11)14)12(17)20-4/h5-8,15-16H,14H2,1-4H3. The second-order valence-electron chi connectivity index (χ2n) is 5.25. The quantitative estimate of drug-likeness (QED) is 0.537. The smallest absolute Gasteiger partial charge is 0.337 e. The zero-order valence-electron chi connectivity index (χ0n) is 12.4. The van der Waals surface area contributed by atoms with Crippen LogP contribution in [0, 0.1) is 0 Å². The van der Waals surface area contributed by atoms with Crippen LogP contribution in [0.5, 0.6) is 0 Å². The Hall–Kier alpha value is -1.64. The monoisotopic (exact) mass is 316 g/mol. The molecule has 8 heteroatoms. The van der Waals surface area contributed by atoms with E-state index >= 15 is 0 Å². The summed E-state index contributed by atoms with van der Waals surface area (Å²) in [6.45, 7) is 4.58. The molecule has 0 saturated carbocycles. The second kappa shape index (κ2) is 6.00. The fourth-order valence-electron chi connectivity index (χ4n) is 1.52. The third kappa shape index (κ3) is 3.93. The number of anilines is 1. The zero-order chi connectivity index (χ0) is 16.4. The number of nitrogens with two attached hydrogens (primary N) is 1. The molecule has 1 aromatic rings. The van der Waals surface area contributed by atoms with Crippen LogP contribution in [-0.2, 0) is 14.8 Å². The Balaban J connectivity index is 3.19. The van der Waals surface area contributed by atoms with Crippen molar-refractivity contribution in [2.75, 3.05) is 12.8 Å². The lowest BCUT2D eigenvalue weighted by atomic mass is 10.0. The predicted molar refractivity (Wildman–Crippen MR) is 78.3 cm³/mol. The molecule has 0 fully saturated rings. The summed E-state index contributed by atoms with van der Waals surface area (Å²) >= 11 is 0. The number of benzene rings is 1. The van der Waals surface area contributed by atoms with Crippen LogP contribution in [0.15, 0.2) is 23.1 Å². The van der Waals surface area contributed by atoms with Crippen LogP contribution in [0.25, 0.3) is 0 Å². The maximum absolute atomic E-state index is 12.3. The number of rotatable bonds is 5. The number of carbonyl (C=O) groups excluding carboxylic acids is 1. The molecule has 1 rings (SSSR count). The van der Waals surface area contributed by atoms with E-state index in [4.69, 9.17) is 5.73 Å². The minimum Gasteiger partial charge on any atom is -0.465 e. The van der Waals surface area contributed by atoms with Crippen molar-refractivity contribution < 1.29 is 23.1 Å². The van der Waals surface area contributed by atoms with Gasteiger partial charge in [0.2, 0.25) is 10.0 Å². The normalized spacial score (nSPS) is 13.8. The number of esters is 1. The molecule has 1 atom stereocenters. The predicted octanol–water partition coefficient (Wildman–Crippen LogP) is 0.493. The topological polar surface area (TPSA) is 119 Å². The van der Waals surface area contributed by atoms with Gasteiger partial charge in [-0.15, -0.1) is 0 Å². The highest BCUT2D eigenvalue weighted by atomic mass is 32.2. The van der Waals surface area contributed by atoms with Crippen LogP contribution in [0.3, 0.4) is 0 Å². The average Bonchev–Trinajstić information content (AvgIpc) is 2.35. The number of aliphatic hydroxyl groups excluding tert-OH is 1. The Labute approximate surface area is 124 Å². The average molecular weight is 316 g/mol. The highest BCUT2D eigenvalue weighted by molar-refractivity contribution is 7.89. The van der Waals surface area contributed by atoms with Gasteiger partial charge in [0.25, 0.3) is 0 Å². The molecule has 0 heterocycles. The van der Waals surface area contributed by atoms with Gasteiger partial charge < -0.3 is 15.6 Å². The highest BCUT2D eigenvalue weighted by Gasteiger charge is 2.31. The maximum Gasteiger partial charge on any atom is 0.337 e. The van der Waals surface area contributed by atoms with Crippen molar-refractivity contribution in [1.82, 2.24) is 4.72 Å². The fourth-order valence-corrected chi connectivity index (χ4v) is 3.11. The second-order valence-corrected chi connectivity index (χ2v) is 6.90. The lowest BCUT2D eigenvalue weighted by Gasteiger charge is -2.29. The van der Waals surface area contributed by atoms with Crippen molar-refractivity contribution >= 4 is 21.7 Å². The first-order valence-corrected chi connectivity index (χ1v) is 7.69. The Morgan fingerprint density at radius 3 is 2.43 bits per heavy atom. The summed E-state index contributed by atoms with van der Waals surface area (Å²) < 4.78 is 31.5. The van der Waals surface area contributed by atoms with Crippen LogP contribution in [-0.4, -0.2) is 38.2 Å². The van der Waals surface area contributed by atoms with Crippen LogP contribution >= 0.6 is 0 Å². The summed E-state index contributed by atoms with van der Waals surface area (Å²) in [6.07, 6.45) is -0.900. The van der Waals surface area contributed by atoms with Gasteiger partial charge in [0.15, 0.2) is 0 Å². The van der Waals surface area contributed by atoms with Crippen molar-refractivity contribution in [2.24, 2.45) is 0 Å². The van der Waals surface area contributed by atoms with E-state index in [0.29, 0.717) is 0 Å². The summed E-state index contributed by atoms with van der Waals surface area (Å²) in [5.41, 5.74) is 4.72. The molecule has 0 aliphatic carbocycles. The lowest BCUT2D eigenvalue weighted by molar-refractivity contribution is 0.0600. The number of nitrogen functional groups attached to an aromatic ring is 1. The van der Waals surface area contributed by atoms with Gasteiger partial charge in [0, 0.05) is 0 Å². The first kappa shape index (κ1) is 17.4. The van der Waals surface area contributed by atoms with Crippen molar-refractivity contribution in [3.05, 3.63) is 23.8 Å². The van der Waals surface area contributed by atoms with Gasteiger partial charge in [0.1, 0.15) is 4.90 Å². The van der Waals surface area contributed by atoms with Gasteiger partial charge in [0.05, 0.1) is 30.0 Å². The van der Waals surface area contributed by atoms with Gasteiger partial charge >= 0.3 is 5.97 Å². The fraction of sp³-hybridized carbons (Fsp3) is 0.462. The molecule has 0 bridgehead atoms. The largest absolute Gasteiger partial charge is 0.465 e. The van der Waals surface area contributed by atoms with E-state index in [9.17, 15) is 18.3 Å². The summed E-state index contributed by atoms with van der Waals surface area (Å²) in [4.78, 5) is 11.2. The lowest BCUT2D eigenvalue weighted by Crippen LogP contribution is -2.50. The van der Waals surface area contributed by atoms with Gasteiger partial charge in [-0.25, -0.2) is 17.9 Å². The van der Waals surface area contributed by atoms with Crippen molar-refractivity contribution in [3.63, 3.8) is 0 Å². The number of nitrogens with one attached hydrogen (secondary N) is 1. The number of hydrogen-bond donors (Lipinski definition) is 3. The van der Waals surface area contributed by atoms with Crippen molar-refractivity contribution in [2.45, 2.75) is 37.3 Å². The highest BCUT2D eigenvalue weighted by Crippen LogP contribution is 2.22. The van der Waals surface area contributed by atoms with Gasteiger partial charge in [-0.3, -0.25) is 0 Å². The van der Waals surface area contributed by atoms with Crippen LogP contribution in [0.2, 0.25) is 0 Å². The Bertz CT molecular complexity index is 638. The van der Waals surface area contributed by atoms with E-state index in [-0.39, 0.29) is 16.1 Å². The molecule has 0 amide bonds. The molecule has 1 aromatic carbocycles. The molecule has 0 spiro atoms. The number of hydrogen-bond acceptors (Lipinski definition) is 6. The molecule has 0 aliphatic heterocycles. The molecular weight excluding hydrogens is 296 g/mol. The van der Waals surface area contributed by atoms with Crippen LogP contribution in [0.4, 0.5) is 5.69 Å². The number of methoxy groups -OCH3 is 1. The zero-order valence-corrected chi connectivity index (χ0v) is 13.2.